The predicted molar refractivity (Wildman–Crippen MR) is 58.9 cm³/mol. The van der Waals surface area contributed by atoms with E-state index in [1.165, 1.54) is 12.2 Å². The molecule has 0 aromatic rings. The van der Waals surface area contributed by atoms with E-state index in [-0.39, 0.29) is 5.97 Å². The molecule has 0 N–H and O–H groups in total. The van der Waals surface area contributed by atoms with Crippen LogP contribution >= 0.6 is 0 Å². The van der Waals surface area contributed by atoms with Crippen molar-refractivity contribution in [2.24, 2.45) is 0 Å². The standard InChI is InChI=1S/C5H8O2.C3H3N.C3H4O/c1-3-5(6)7-4-2;2*1-2-3-4/h3H,1,4H2,2H3;2H,1H2;2-3H,1H2. The second kappa shape index (κ2) is 22.6. The first-order valence-electron chi connectivity index (χ1n) is 4.00. The SMILES string of the molecule is C=CC#N.C=CC(=O)OCC.C=CC=O. The van der Waals surface area contributed by atoms with Crippen LogP contribution in [0.25, 0.3) is 0 Å². The van der Waals surface area contributed by atoms with Crippen molar-refractivity contribution in [1.82, 2.24) is 0 Å². The van der Waals surface area contributed by atoms with Crippen LogP contribution in [0.2, 0.25) is 0 Å². The summed E-state index contributed by atoms with van der Waals surface area (Å²) in [6.07, 6.45) is 4.16. The van der Waals surface area contributed by atoms with Gasteiger partial charge in [0.15, 0.2) is 0 Å². The van der Waals surface area contributed by atoms with Gasteiger partial charge in [-0.25, -0.2) is 4.79 Å². The first-order chi connectivity index (χ1) is 7.14. The van der Waals surface area contributed by atoms with Gasteiger partial charge in [-0.05, 0) is 13.0 Å². The molecule has 0 radical (unpaired) electrons. The van der Waals surface area contributed by atoms with Crippen molar-refractivity contribution in [3.63, 3.8) is 0 Å². The van der Waals surface area contributed by atoms with Gasteiger partial charge in [0.2, 0.25) is 0 Å². The molecule has 82 valence electrons. The summed E-state index contributed by atoms with van der Waals surface area (Å²) in [5.74, 6) is -0.359. The van der Waals surface area contributed by atoms with Crippen LogP contribution in [0.3, 0.4) is 0 Å². The molecule has 0 aromatic carbocycles. The molecule has 0 saturated heterocycles. The summed E-state index contributed by atoms with van der Waals surface area (Å²) in [7, 11) is 0. The van der Waals surface area contributed by atoms with E-state index in [4.69, 9.17) is 10.1 Å². The van der Waals surface area contributed by atoms with E-state index < -0.39 is 0 Å². The lowest BCUT2D eigenvalue weighted by atomic mass is 10.6. The molecule has 0 aliphatic carbocycles. The van der Waals surface area contributed by atoms with Crippen molar-refractivity contribution >= 4 is 12.3 Å². The fourth-order valence-electron chi connectivity index (χ4n) is 0.201. The normalized spacial score (nSPS) is 5.87. The molecule has 0 aliphatic heterocycles. The van der Waals surface area contributed by atoms with Crippen LogP contribution in [0, 0.1) is 11.3 Å². The van der Waals surface area contributed by atoms with Crippen molar-refractivity contribution in [3.05, 3.63) is 38.0 Å². The zero-order valence-electron chi connectivity index (χ0n) is 8.81. The minimum Gasteiger partial charge on any atom is -0.463 e. The van der Waals surface area contributed by atoms with Crippen LogP contribution in [0.4, 0.5) is 0 Å². The summed E-state index contributed by atoms with van der Waals surface area (Å²) in [6.45, 7) is 11.6. The maximum Gasteiger partial charge on any atom is 0.330 e. The van der Waals surface area contributed by atoms with E-state index in [2.05, 4.69) is 24.5 Å². The number of ether oxygens (including phenoxy) is 1. The maximum atomic E-state index is 10.1. The number of hydrogen-bond donors (Lipinski definition) is 0. The third-order valence-corrected chi connectivity index (χ3v) is 0.641. The molecular formula is C11H15NO3. The Bertz CT molecular complexity index is 233. The predicted octanol–water partition coefficient (Wildman–Crippen LogP) is 1.80. The molecule has 0 saturated carbocycles. The van der Waals surface area contributed by atoms with Gasteiger partial charge in [0.05, 0.1) is 12.7 Å². The van der Waals surface area contributed by atoms with Crippen LogP contribution in [0.5, 0.6) is 0 Å². The molecule has 4 nitrogen and oxygen atoms in total. The first kappa shape index (κ1) is 18.6. The van der Waals surface area contributed by atoms with Gasteiger partial charge in [-0.2, -0.15) is 5.26 Å². The van der Waals surface area contributed by atoms with Crippen LogP contribution < -0.4 is 0 Å². The molecule has 0 rings (SSSR count). The minimum atomic E-state index is -0.359. The van der Waals surface area contributed by atoms with Crippen molar-refractivity contribution < 1.29 is 14.3 Å². The van der Waals surface area contributed by atoms with Crippen LogP contribution in [0.1, 0.15) is 6.92 Å². The molecule has 4 heteroatoms. The highest BCUT2D eigenvalue weighted by molar-refractivity contribution is 5.81. The van der Waals surface area contributed by atoms with Crippen molar-refractivity contribution in [2.75, 3.05) is 6.61 Å². The molecule has 15 heavy (non-hydrogen) atoms. The van der Waals surface area contributed by atoms with Gasteiger partial charge < -0.3 is 4.74 Å². The summed E-state index contributed by atoms with van der Waals surface area (Å²) in [5, 5.41) is 7.51. The molecule has 0 heterocycles. The molecule has 0 spiro atoms. The highest BCUT2D eigenvalue weighted by atomic mass is 16.5. The summed E-state index contributed by atoms with van der Waals surface area (Å²) in [4.78, 5) is 19.1. The Morgan fingerprint density at radius 3 is 1.93 bits per heavy atom. The lowest BCUT2D eigenvalue weighted by Gasteiger charge is -1.90. The average Bonchev–Trinajstić information content (AvgIpc) is 2.30. The third-order valence-electron chi connectivity index (χ3n) is 0.641. The lowest BCUT2D eigenvalue weighted by molar-refractivity contribution is -0.137. The van der Waals surface area contributed by atoms with Gasteiger partial charge in [-0.15, -0.1) is 0 Å². The second-order valence-electron chi connectivity index (χ2n) is 1.66. The Hall–Kier alpha value is -2.15. The van der Waals surface area contributed by atoms with E-state index in [0.29, 0.717) is 12.9 Å². The Balaban J connectivity index is -0.000000155. The number of carbonyl (C=O) groups is 2. The molecule has 0 amide bonds. The molecule has 0 aliphatic rings. The summed E-state index contributed by atoms with van der Waals surface area (Å²) >= 11 is 0. The number of allylic oxidation sites excluding steroid dienone is 2. The smallest absolute Gasteiger partial charge is 0.330 e. The maximum absolute atomic E-state index is 10.1. The topological polar surface area (TPSA) is 67.2 Å². The highest BCUT2D eigenvalue weighted by Gasteiger charge is 1.86. The van der Waals surface area contributed by atoms with Crippen LogP contribution in [0.15, 0.2) is 38.0 Å². The fraction of sp³-hybridized carbons (Fsp3) is 0.182. The molecule has 0 unspecified atom stereocenters. The van der Waals surface area contributed by atoms with E-state index in [9.17, 15) is 4.79 Å². The Morgan fingerprint density at radius 2 is 1.87 bits per heavy atom. The number of aldehydes is 1. The summed E-state index contributed by atoms with van der Waals surface area (Å²) < 4.78 is 4.43. The fourth-order valence-corrected chi connectivity index (χ4v) is 0.201. The highest BCUT2D eigenvalue weighted by Crippen LogP contribution is 1.74. The Labute approximate surface area is 90.2 Å². The van der Waals surface area contributed by atoms with E-state index in [1.807, 2.05) is 0 Å². The molecule has 0 bridgehead atoms. The Kier molecular flexibility index (Phi) is 28.1. The van der Waals surface area contributed by atoms with Gasteiger partial charge in [-0.1, -0.05) is 19.7 Å². The van der Waals surface area contributed by atoms with Gasteiger partial charge in [0, 0.05) is 12.2 Å². The van der Waals surface area contributed by atoms with Crippen molar-refractivity contribution in [3.8, 4) is 6.07 Å². The van der Waals surface area contributed by atoms with Crippen LogP contribution in [-0.2, 0) is 14.3 Å². The summed E-state index contributed by atoms with van der Waals surface area (Å²) in [5.41, 5.74) is 0. The van der Waals surface area contributed by atoms with Gasteiger partial charge in [0.1, 0.15) is 6.29 Å². The number of nitriles is 1. The lowest BCUT2D eigenvalue weighted by Crippen LogP contribution is -1.97. The molecule has 0 fully saturated rings. The number of rotatable bonds is 3. The van der Waals surface area contributed by atoms with E-state index in [1.54, 1.807) is 13.0 Å². The van der Waals surface area contributed by atoms with Crippen molar-refractivity contribution in [1.29, 1.82) is 5.26 Å². The quantitative estimate of drug-likeness (QED) is 0.307. The van der Waals surface area contributed by atoms with E-state index in [0.717, 1.165) is 6.08 Å². The van der Waals surface area contributed by atoms with Crippen LogP contribution in [-0.4, -0.2) is 18.9 Å². The molecule has 0 atom stereocenters. The monoisotopic (exact) mass is 209 g/mol. The third kappa shape index (κ3) is 48.9. The van der Waals surface area contributed by atoms with Gasteiger partial charge in [0.25, 0.3) is 0 Å². The first-order valence-corrected chi connectivity index (χ1v) is 4.00. The number of carbonyl (C=O) groups excluding carboxylic acids is 2. The second-order valence-corrected chi connectivity index (χ2v) is 1.66. The zero-order chi connectivity index (χ0) is 12.5. The van der Waals surface area contributed by atoms with E-state index >= 15 is 0 Å². The molecular weight excluding hydrogens is 194 g/mol. The minimum absolute atomic E-state index is 0.359. The van der Waals surface area contributed by atoms with Crippen molar-refractivity contribution in [2.45, 2.75) is 6.92 Å². The average molecular weight is 209 g/mol. The Morgan fingerprint density at radius 1 is 1.47 bits per heavy atom. The molecule has 0 aromatic heterocycles. The van der Waals surface area contributed by atoms with Gasteiger partial charge >= 0.3 is 5.97 Å². The number of nitrogens with zero attached hydrogens (tertiary/aromatic N) is 1. The van der Waals surface area contributed by atoms with Gasteiger partial charge in [-0.3, -0.25) is 4.79 Å². The zero-order valence-corrected chi connectivity index (χ0v) is 8.81. The summed E-state index contributed by atoms with van der Waals surface area (Å²) in [6, 6.07) is 1.69. The number of hydrogen-bond acceptors (Lipinski definition) is 4. The number of esters is 1. The largest absolute Gasteiger partial charge is 0.463 e.